The quantitative estimate of drug-likeness (QED) is 0.728. The van der Waals surface area contributed by atoms with E-state index in [2.05, 4.69) is 120 Å². The second-order valence-corrected chi connectivity index (χ2v) is 6.84. The molecular formula is C24H24N2. The summed E-state index contributed by atoms with van der Waals surface area (Å²) in [5.41, 5.74) is 2.66. The Morgan fingerprint density at radius 3 is 1.19 bits per heavy atom. The van der Waals surface area contributed by atoms with Gasteiger partial charge in [0.25, 0.3) is 0 Å². The first-order valence-electron chi connectivity index (χ1n) is 9.19. The molecule has 2 aromatic rings. The number of benzene rings is 2. The highest BCUT2D eigenvalue weighted by molar-refractivity contribution is 5.22. The fraction of sp³-hybridized carbons (Fsp3) is 0.167. The second kappa shape index (κ2) is 7.92. The van der Waals surface area contributed by atoms with Crippen molar-refractivity contribution in [2.75, 3.05) is 0 Å². The molecule has 0 N–H and O–H groups in total. The van der Waals surface area contributed by atoms with Crippen LogP contribution in [0, 0.1) is 11.8 Å². The molecule has 2 heterocycles. The highest BCUT2D eigenvalue weighted by Crippen LogP contribution is 2.26. The van der Waals surface area contributed by atoms with Crippen LogP contribution in [0.1, 0.15) is 11.1 Å². The van der Waals surface area contributed by atoms with E-state index in [1.807, 2.05) is 0 Å². The molecule has 0 unspecified atom stereocenters. The predicted octanol–water partition coefficient (Wildman–Crippen LogP) is 5.31. The van der Waals surface area contributed by atoms with Crippen LogP contribution >= 0.6 is 0 Å². The van der Waals surface area contributed by atoms with E-state index in [0.717, 1.165) is 13.1 Å². The second-order valence-electron chi connectivity index (χ2n) is 6.84. The van der Waals surface area contributed by atoms with E-state index < -0.39 is 0 Å². The Morgan fingerprint density at radius 1 is 0.500 bits per heavy atom. The van der Waals surface area contributed by atoms with E-state index in [1.165, 1.54) is 11.1 Å². The molecule has 0 aliphatic carbocycles. The van der Waals surface area contributed by atoms with E-state index in [4.69, 9.17) is 0 Å². The Bertz CT molecular complexity index is 718. The third kappa shape index (κ3) is 4.15. The summed E-state index contributed by atoms with van der Waals surface area (Å²) in [6, 6.07) is 21.2. The zero-order valence-electron chi connectivity index (χ0n) is 14.9. The first kappa shape index (κ1) is 16.5. The van der Waals surface area contributed by atoms with Gasteiger partial charge in [-0.3, -0.25) is 0 Å². The molecule has 0 amide bonds. The van der Waals surface area contributed by atoms with Crippen LogP contribution in [0.25, 0.3) is 0 Å². The lowest BCUT2D eigenvalue weighted by molar-refractivity contribution is 0.453. The van der Waals surface area contributed by atoms with Gasteiger partial charge in [0.2, 0.25) is 0 Å². The summed E-state index contributed by atoms with van der Waals surface area (Å²) >= 11 is 0. The smallest absolute Gasteiger partial charge is 0.0469 e. The topological polar surface area (TPSA) is 6.48 Å². The van der Waals surface area contributed by atoms with Crippen LogP contribution in [-0.4, -0.2) is 9.80 Å². The highest BCUT2D eigenvalue weighted by atomic mass is 15.1. The number of hydrogen-bond acceptors (Lipinski definition) is 2. The number of nitrogens with zero attached hydrogens (tertiary/aromatic N) is 2. The van der Waals surface area contributed by atoms with Crippen LogP contribution in [0.15, 0.2) is 110 Å². The van der Waals surface area contributed by atoms with Crippen molar-refractivity contribution >= 4 is 0 Å². The number of rotatable bonds is 5. The van der Waals surface area contributed by atoms with Gasteiger partial charge in [0, 0.05) is 49.7 Å². The SMILES string of the molecule is C1=CN(Cc2ccccc2)C=CC1C1C=CN(Cc2ccccc2)C=C1. The van der Waals surface area contributed by atoms with Crippen molar-refractivity contribution < 1.29 is 0 Å². The lowest BCUT2D eigenvalue weighted by atomic mass is 9.89. The van der Waals surface area contributed by atoms with Gasteiger partial charge < -0.3 is 9.80 Å². The molecule has 0 aromatic heterocycles. The molecular weight excluding hydrogens is 316 g/mol. The van der Waals surface area contributed by atoms with Gasteiger partial charge in [-0.05, 0) is 11.1 Å². The molecule has 2 aromatic carbocycles. The Kier molecular flexibility index (Phi) is 5.02. The van der Waals surface area contributed by atoms with Gasteiger partial charge in [-0.1, -0.05) is 85.0 Å². The van der Waals surface area contributed by atoms with Gasteiger partial charge in [-0.25, -0.2) is 0 Å². The summed E-state index contributed by atoms with van der Waals surface area (Å²) in [6.45, 7) is 1.84. The molecule has 0 spiro atoms. The van der Waals surface area contributed by atoms with E-state index in [-0.39, 0.29) is 0 Å². The Morgan fingerprint density at radius 2 is 0.846 bits per heavy atom. The van der Waals surface area contributed by atoms with E-state index >= 15 is 0 Å². The van der Waals surface area contributed by atoms with E-state index in [1.54, 1.807) is 0 Å². The summed E-state index contributed by atoms with van der Waals surface area (Å²) < 4.78 is 0. The molecule has 2 aliphatic rings. The molecule has 0 saturated carbocycles. The normalized spacial score (nSPS) is 17.2. The highest BCUT2D eigenvalue weighted by Gasteiger charge is 2.17. The molecule has 2 nitrogen and oxygen atoms in total. The number of allylic oxidation sites excluding steroid dienone is 4. The molecule has 2 heteroatoms. The van der Waals surface area contributed by atoms with Crippen molar-refractivity contribution in [3.05, 3.63) is 121 Å². The molecule has 0 radical (unpaired) electrons. The maximum absolute atomic E-state index is 2.30. The number of hydrogen-bond donors (Lipinski definition) is 0. The van der Waals surface area contributed by atoms with Crippen LogP contribution < -0.4 is 0 Å². The van der Waals surface area contributed by atoms with Crippen molar-refractivity contribution in [1.29, 1.82) is 0 Å². The summed E-state index contributed by atoms with van der Waals surface area (Å²) in [5.74, 6) is 0.849. The summed E-state index contributed by atoms with van der Waals surface area (Å²) in [7, 11) is 0. The van der Waals surface area contributed by atoms with Crippen LogP contribution in [0.5, 0.6) is 0 Å². The Hall–Kier alpha value is -3.00. The molecule has 0 saturated heterocycles. The van der Waals surface area contributed by atoms with Gasteiger partial charge >= 0.3 is 0 Å². The van der Waals surface area contributed by atoms with Crippen molar-refractivity contribution in [3.63, 3.8) is 0 Å². The summed E-state index contributed by atoms with van der Waals surface area (Å²) in [5, 5.41) is 0. The Labute approximate surface area is 156 Å². The molecule has 4 rings (SSSR count). The average molecular weight is 340 g/mol. The lowest BCUT2D eigenvalue weighted by Crippen LogP contribution is -2.20. The van der Waals surface area contributed by atoms with Crippen molar-refractivity contribution in [2.24, 2.45) is 11.8 Å². The van der Waals surface area contributed by atoms with Gasteiger partial charge in [0.05, 0.1) is 0 Å². The van der Waals surface area contributed by atoms with Crippen molar-refractivity contribution in [2.45, 2.75) is 13.1 Å². The summed E-state index contributed by atoms with van der Waals surface area (Å²) in [6.07, 6.45) is 18.0. The fourth-order valence-electron chi connectivity index (χ4n) is 3.38. The minimum absolute atomic E-state index is 0.424. The predicted molar refractivity (Wildman–Crippen MR) is 108 cm³/mol. The van der Waals surface area contributed by atoms with Gasteiger partial charge in [-0.2, -0.15) is 0 Å². The van der Waals surface area contributed by atoms with Crippen molar-refractivity contribution in [3.8, 4) is 0 Å². The van der Waals surface area contributed by atoms with Crippen molar-refractivity contribution in [1.82, 2.24) is 9.80 Å². The minimum atomic E-state index is 0.424. The fourth-order valence-corrected chi connectivity index (χ4v) is 3.38. The Balaban J connectivity index is 1.31. The largest absolute Gasteiger partial charge is 0.351 e. The van der Waals surface area contributed by atoms with Crippen LogP contribution in [0.2, 0.25) is 0 Å². The minimum Gasteiger partial charge on any atom is -0.351 e. The molecule has 0 bridgehead atoms. The maximum atomic E-state index is 2.30. The standard InChI is InChI=1S/C24H24N2/c1-3-7-21(8-4-1)19-25-15-11-23(12-16-25)24-13-17-26(18-14-24)20-22-9-5-2-6-10-22/h1-18,23-24H,19-20H2. The molecule has 0 fully saturated rings. The maximum Gasteiger partial charge on any atom is 0.0469 e. The first-order chi connectivity index (χ1) is 12.9. The zero-order valence-corrected chi connectivity index (χ0v) is 14.9. The lowest BCUT2D eigenvalue weighted by Gasteiger charge is -2.27. The van der Waals surface area contributed by atoms with Crippen LogP contribution in [0.3, 0.4) is 0 Å². The third-order valence-electron chi connectivity index (χ3n) is 4.86. The van der Waals surface area contributed by atoms with Crippen LogP contribution in [-0.2, 0) is 13.1 Å². The zero-order chi connectivity index (χ0) is 17.6. The summed E-state index contributed by atoms with van der Waals surface area (Å²) in [4.78, 5) is 4.48. The first-order valence-corrected chi connectivity index (χ1v) is 9.19. The van der Waals surface area contributed by atoms with Gasteiger partial charge in [-0.15, -0.1) is 0 Å². The molecule has 0 atom stereocenters. The molecule has 2 aliphatic heterocycles. The monoisotopic (exact) mass is 340 g/mol. The average Bonchev–Trinajstić information content (AvgIpc) is 2.71. The van der Waals surface area contributed by atoms with Gasteiger partial charge in [0.15, 0.2) is 0 Å². The van der Waals surface area contributed by atoms with Crippen LogP contribution in [0.4, 0.5) is 0 Å². The molecule has 26 heavy (non-hydrogen) atoms. The molecule has 130 valence electrons. The third-order valence-corrected chi connectivity index (χ3v) is 4.86. The van der Waals surface area contributed by atoms with E-state index in [0.29, 0.717) is 11.8 Å². The van der Waals surface area contributed by atoms with E-state index in [9.17, 15) is 0 Å². The van der Waals surface area contributed by atoms with Gasteiger partial charge in [0.1, 0.15) is 0 Å².